The maximum atomic E-state index is 6.10. The van der Waals surface area contributed by atoms with E-state index in [2.05, 4.69) is 10.1 Å². The first-order chi connectivity index (χ1) is 7.84. The maximum Gasteiger partial charge on any atom is 0.183 e. The van der Waals surface area contributed by atoms with Crippen molar-refractivity contribution in [1.82, 2.24) is 14.6 Å². The van der Waals surface area contributed by atoms with Crippen molar-refractivity contribution in [2.75, 3.05) is 0 Å². The van der Waals surface area contributed by atoms with Crippen molar-refractivity contribution in [3.63, 3.8) is 0 Å². The maximum absolute atomic E-state index is 6.10. The number of aromatic nitrogens is 3. The molecule has 3 aromatic rings. The Morgan fingerprint density at radius 3 is 2.62 bits per heavy atom. The third-order valence-corrected chi connectivity index (χ3v) is 2.69. The number of fused-ring (bicyclic) bond motifs is 1. The van der Waals surface area contributed by atoms with Crippen LogP contribution in [0, 0.1) is 0 Å². The van der Waals surface area contributed by atoms with Crippen molar-refractivity contribution in [3.05, 3.63) is 53.7 Å². The fraction of sp³-hybridized carbons (Fsp3) is 0. The summed E-state index contributed by atoms with van der Waals surface area (Å²) in [6, 6.07) is 13.3. The van der Waals surface area contributed by atoms with Crippen molar-refractivity contribution >= 4 is 17.2 Å². The number of nitrogens with zero attached hydrogens (tertiary/aromatic N) is 3. The van der Waals surface area contributed by atoms with Gasteiger partial charge in [0.25, 0.3) is 0 Å². The van der Waals surface area contributed by atoms with Gasteiger partial charge in [0.15, 0.2) is 11.5 Å². The van der Waals surface area contributed by atoms with E-state index in [-0.39, 0.29) is 0 Å². The number of rotatable bonds is 1. The third kappa shape index (κ3) is 1.46. The minimum atomic E-state index is 0.650. The normalized spacial score (nSPS) is 10.8. The summed E-state index contributed by atoms with van der Waals surface area (Å²) in [4.78, 5) is 4.41. The van der Waals surface area contributed by atoms with E-state index in [4.69, 9.17) is 11.6 Å². The summed E-state index contributed by atoms with van der Waals surface area (Å²) >= 11 is 6.10. The van der Waals surface area contributed by atoms with Gasteiger partial charge < -0.3 is 0 Å². The highest BCUT2D eigenvalue weighted by atomic mass is 35.5. The van der Waals surface area contributed by atoms with Crippen LogP contribution in [0.5, 0.6) is 0 Å². The topological polar surface area (TPSA) is 30.2 Å². The highest BCUT2D eigenvalue weighted by Crippen LogP contribution is 2.24. The van der Waals surface area contributed by atoms with E-state index in [0.29, 0.717) is 10.8 Å². The molecule has 0 atom stereocenters. The van der Waals surface area contributed by atoms with E-state index in [9.17, 15) is 0 Å². The van der Waals surface area contributed by atoms with Crippen molar-refractivity contribution in [2.45, 2.75) is 0 Å². The van der Waals surface area contributed by atoms with Crippen LogP contribution in [0.15, 0.2) is 48.7 Å². The molecular formula is C12H8ClN3. The first kappa shape index (κ1) is 9.36. The molecule has 0 aliphatic rings. The van der Waals surface area contributed by atoms with Gasteiger partial charge in [0.2, 0.25) is 0 Å². The smallest absolute Gasteiger partial charge is 0.183 e. The summed E-state index contributed by atoms with van der Waals surface area (Å²) in [5, 5.41) is 5.03. The van der Waals surface area contributed by atoms with Gasteiger partial charge in [-0.15, -0.1) is 5.10 Å². The van der Waals surface area contributed by atoms with Gasteiger partial charge in [-0.2, -0.15) is 0 Å². The molecule has 0 radical (unpaired) electrons. The quantitative estimate of drug-likeness (QED) is 0.642. The van der Waals surface area contributed by atoms with Crippen molar-refractivity contribution in [1.29, 1.82) is 0 Å². The predicted molar refractivity (Wildman–Crippen MR) is 63.4 cm³/mol. The first-order valence-electron chi connectivity index (χ1n) is 4.91. The molecule has 2 aromatic heterocycles. The summed E-state index contributed by atoms with van der Waals surface area (Å²) in [7, 11) is 0. The molecule has 0 spiro atoms. The van der Waals surface area contributed by atoms with Gasteiger partial charge in [-0.1, -0.05) is 29.8 Å². The Bertz CT molecular complexity index is 612. The van der Waals surface area contributed by atoms with Crippen LogP contribution in [0.1, 0.15) is 0 Å². The molecule has 0 bridgehead atoms. The van der Waals surface area contributed by atoms with Crippen molar-refractivity contribution < 1.29 is 0 Å². The number of halogens is 1. The van der Waals surface area contributed by atoms with E-state index in [1.165, 1.54) is 0 Å². The first-order valence-corrected chi connectivity index (χ1v) is 5.29. The summed E-state index contributed by atoms with van der Waals surface area (Å²) in [6.07, 6.45) is 1.86. The highest BCUT2D eigenvalue weighted by molar-refractivity contribution is 6.33. The Morgan fingerprint density at radius 2 is 1.81 bits per heavy atom. The van der Waals surface area contributed by atoms with Crippen LogP contribution < -0.4 is 0 Å². The van der Waals surface area contributed by atoms with Gasteiger partial charge in [0, 0.05) is 11.8 Å². The minimum absolute atomic E-state index is 0.650. The van der Waals surface area contributed by atoms with Gasteiger partial charge in [0.05, 0.1) is 5.02 Å². The average Bonchev–Trinajstić information content (AvgIpc) is 2.73. The second-order valence-electron chi connectivity index (χ2n) is 3.42. The Hall–Kier alpha value is -1.87. The molecule has 0 aliphatic carbocycles. The Balaban J connectivity index is 2.23. The molecule has 4 heteroatoms. The van der Waals surface area contributed by atoms with Gasteiger partial charge in [-0.3, -0.25) is 0 Å². The second kappa shape index (κ2) is 3.61. The van der Waals surface area contributed by atoms with Crippen LogP contribution in [-0.2, 0) is 0 Å². The van der Waals surface area contributed by atoms with E-state index in [1.807, 2.05) is 48.7 Å². The monoisotopic (exact) mass is 229 g/mol. The van der Waals surface area contributed by atoms with Gasteiger partial charge in [-0.25, -0.2) is 9.50 Å². The van der Waals surface area contributed by atoms with Crippen LogP contribution >= 0.6 is 11.6 Å². The summed E-state index contributed by atoms with van der Waals surface area (Å²) in [6.45, 7) is 0. The highest BCUT2D eigenvalue weighted by Gasteiger charge is 2.08. The second-order valence-corrected chi connectivity index (χ2v) is 3.83. The van der Waals surface area contributed by atoms with Crippen LogP contribution in [0.4, 0.5) is 0 Å². The zero-order valence-electron chi connectivity index (χ0n) is 8.34. The minimum Gasteiger partial charge on any atom is -0.221 e. The number of pyridine rings is 1. The summed E-state index contributed by atoms with van der Waals surface area (Å²) < 4.78 is 1.73. The molecule has 3 rings (SSSR count). The Kier molecular flexibility index (Phi) is 2.11. The van der Waals surface area contributed by atoms with Gasteiger partial charge in [0.1, 0.15) is 0 Å². The van der Waals surface area contributed by atoms with Gasteiger partial charge in [-0.05, 0) is 24.3 Å². The van der Waals surface area contributed by atoms with Crippen LogP contribution in [0.2, 0.25) is 5.02 Å². The largest absolute Gasteiger partial charge is 0.221 e. The summed E-state index contributed by atoms with van der Waals surface area (Å²) in [5.74, 6) is 0.650. The van der Waals surface area contributed by atoms with Crippen LogP contribution in [0.3, 0.4) is 0 Å². The molecular weight excluding hydrogens is 222 g/mol. The fourth-order valence-electron chi connectivity index (χ4n) is 1.59. The number of benzene rings is 1. The predicted octanol–water partition coefficient (Wildman–Crippen LogP) is 3.05. The molecule has 3 nitrogen and oxygen atoms in total. The lowest BCUT2D eigenvalue weighted by atomic mass is 10.2. The van der Waals surface area contributed by atoms with Crippen LogP contribution in [0.25, 0.3) is 17.0 Å². The molecule has 0 aliphatic heterocycles. The van der Waals surface area contributed by atoms with E-state index < -0.39 is 0 Å². The Morgan fingerprint density at radius 1 is 1.00 bits per heavy atom. The molecule has 78 valence electrons. The molecule has 0 saturated heterocycles. The van der Waals surface area contributed by atoms with E-state index in [0.717, 1.165) is 11.2 Å². The lowest BCUT2D eigenvalue weighted by Gasteiger charge is -1.96. The zero-order chi connectivity index (χ0) is 11.0. The molecule has 1 aromatic carbocycles. The molecule has 2 heterocycles. The third-order valence-electron chi connectivity index (χ3n) is 2.36. The lowest BCUT2D eigenvalue weighted by Crippen LogP contribution is -1.85. The average molecular weight is 230 g/mol. The standard InChI is InChI=1S/C12H8ClN3/c13-10-6-2-1-5-9(10)12-14-11-7-3-4-8-16(11)15-12/h1-8H. The SMILES string of the molecule is Clc1ccccc1-c1nc2ccccn2n1. The van der Waals surface area contributed by atoms with Crippen molar-refractivity contribution in [3.8, 4) is 11.4 Å². The van der Waals surface area contributed by atoms with Crippen molar-refractivity contribution in [2.24, 2.45) is 0 Å². The molecule has 0 saturated carbocycles. The fourth-order valence-corrected chi connectivity index (χ4v) is 1.81. The number of hydrogen-bond donors (Lipinski definition) is 0. The molecule has 0 amide bonds. The molecule has 0 N–H and O–H groups in total. The molecule has 0 unspecified atom stereocenters. The number of hydrogen-bond acceptors (Lipinski definition) is 2. The van der Waals surface area contributed by atoms with Gasteiger partial charge >= 0.3 is 0 Å². The van der Waals surface area contributed by atoms with E-state index in [1.54, 1.807) is 4.52 Å². The lowest BCUT2D eigenvalue weighted by molar-refractivity contribution is 0.966. The Labute approximate surface area is 97.3 Å². The molecule has 0 fully saturated rings. The molecule has 16 heavy (non-hydrogen) atoms. The zero-order valence-corrected chi connectivity index (χ0v) is 9.09. The van der Waals surface area contributed by atoms with Crippen LogP contribution in [-0.4, -0.2) is 14.6 Å². The van der Waals surface area contributed by atoms with E-state index >= 15 is 0 Å². The summed E-state index contributed by atoms with van der Waals surface area (Å²) in [5.41, 5.74) is 1.67.